The molecule has 0 atom stereocenters. The summed E-state index contributed by atoms with van der Waals surface area (Å²) in [6, 6.07) is 1.56. The van der Waals surface area contributed by atoms with Crippen LogP contribution in [0, 0.1) is 31.9 Å². The summed E-state index contributed by atoms with van der Waals surface area (Å²) in [6.45, 7) is 0. The van der Waals surface area contributed by atoms with Crippen LogP contribution in [0.2, 0.25) is 0 Å². The smallest absolute Gasteiger partial charge is 0.335 e. The lowest BCUT2D eigenvalue weighted by Crippen LogP contribution is -2.20. The van der Waals surface area contributed by atoms with Gasteiger partial charge in [0.15, 0.2) is 5.82 Å². The van der Waals surface area contributed by atoms with Gasteiger partial charge >= 0.3 is 6.18 Å². The van der Waals surface area contributed by atoms with Crippen LogP contribution in [-0.2, 0) is 6.18 Å². The van der Waals surface area contributed by atoms with Crippen LogP contribution in [-0.4, -0.2) is 16.9 Å². The van der Waals surface area contributed by atoms with Crippen LogP contribution in [0.5, 0.6) is 0 Å². The van der Waals surface area contributed by atoms with Gasteiger partial charge in [-0.15, -0.1) is 0 Å². The number of nitrogens with zero attached hydrogens (tertiary/aromatic N) is 3. The van der Waals surface area contributed by atoms with E-state index in [9.17, 15) is 42.2 Å². The number of alkyl halides is 3. The van der Waals surface area contributed by atoms with Crippen molar-refractivity contribution in [1.82, 2.24) is 0 Å². The topological polar surface area (TPSA) is 89.5 Å². The third kappa shape index (κ3) is 3.97. The summed E-state index contributed by atoms with van der Waals surface area (Å²) in [6.07, 6.45) is -5.23. The Morgan fingerprint density at radius 3 is 2.04 bits per heavy atom. The minimum Gasteiger partial charge on any atom is -0.335 e. The molecule has 2 rings (SSSR count). The fourth-order valence-corrected chi connectivity index (χ4v) is 3.06. The van der Waals surface area contributed by atoms with Crippen molar-refractivity contribution in [3.63, 3.8) is 0 Å². The lowest BCUT2D eigenvalue weighted by molar-refractivity contribution is -0.394. The number of non-ortho nitro benzene ring substituents is 1. The Bertz CT molecular complexity index is 928. The molecule has 0 saturated carbocycles. The first-order valence-corrected chi connectivity index (χ1v) is 7.56. The molecule has 0 radical (unpaired) electrons. The van der Waals surface area contributed by atoms with E-state index < -0.39 is 56.0 Å². The van der Waals surface area contributed by atoms with Crippen LogP contribution in [0.15, 0.2) is 28.7 Å². The zero-order valence-electron chi connectivity index (χ0n) is 13.1. The molecule has 0 saturated heterocycles. The zero-order valence-corrected chi connectivity index (χ0v) is 14.6. The Labute approximate surface area is 155 Å². The zero-order chi connectivity index (χ0) is 20.7. The van der Waals surface area contributed by atoms with Crippen LogP contribution < -0.4 is 4.90 Å². The normalized spacial score (nSPS) is 11.4. The van der Waals surface area contributed by atoms with Gasteiger partial charge in [-0.05, 0) is 22.0 Å². The van der Waals surface area contributed by atoms with Crippen molar-refractivity contribution in [1.29, 1.82) is 0 Å². The number of rotatable bonds is 4. The van der Waals surface area contributed by atoms with E-state index in [1.54, 1.807) is 0 Å². The van der Waals surface area contributed by atoms with E-state index in [1.165, 1.54) is 0 Å². The van der Waals surface area contributed by atoms with Crippen LogP contribution in [0.1, 0.15) is 5.56 Å². The first-order chi connectivity index (χ1) is 12.3. The van der Waals surface area contributed by atoms with Crippen molar-refractivity contribution in [2.45, 2.75) is 6.18 Å². The first kappa shape index (κ1) is 20.5. The summed E-state index contributed by atoms with van der Waals surface area (Å²) in [5.41, 5.74) is -5.91. The second-order valence-corrected chi connectivity index (χ2v) is 6.00. The van der Waals surface area contributed by atoms with E-state index >= 15 is 0 Å². The van der Waals surface area contributed by atoms with Gasteiger partial charge in [-0.1, -0.05) is 0 Å². The molecular formula is C14H7BrF5N3O4. The maximum atomic E-state index is 14.1. The Morgan fingerprint density at radius 2 is 1.59 bits per heavy atom. The molecule has 0 aromatic heterocycles. The van der Waals surface area contributed by atoms with Crippen molar-refractivity contribution in [3.8, 4) is 0 Å². The molecule has 0 N–H and O–H groups in total. The number of hydrogen-bond acceptors (Lipinski definition) is 5. The Hall–Kier alpha value is -2.83. The average Bonchev–Trinajstić information content (AvgIpc) is 2.51. The van der Waals surface area contributed by atoms with Gasteiger partial charge in [-0.25, -0.2) is 8.78 Å². The molecule has 0 unspecified atom stereocenters. The van der Waals surface area contributed by atoms with Crippen LogP contribution in [0.4, 0.5) is 44.7 Å². The molecule has 0 fully saturated rings. The van der Waals surface area contributed by atoms with E-state index in [1.807, 2.05) is 0 Å². The molecule has 13 heteroatoms. The van der Waals surface area contributed by atoms with Crippen molar-refractivity contribution >= 4 is 38.7 Å². The van der Waals surface area contributed by atoms with E-state index in [4.69, 9.17) is 0 Å². The highest BCUT2D eigenvalue weighted by Crippen LogP contribution is 2.47. The second-order valence-electron chi connectivity index (χ2n) is 5.15. The van der Waals surface area contributed by atoms with Crippen LogP contribution >= 0.6 is 15.9 Å². The molecule has 144 valence electrons. The molecule has 0 amide bonds. The van der Waals surface area contributed by atoms with Gasteiger partial charge < -0.3 is 4.90 Å². The Morgan fingerprint density at radius 1 is 1.00 bits per heavy atom. The predicted octanol–water partition coefficient (Wildman–Crippen LogP) is 5.33. The molecule has 0 aliphatic carbocycles. The minimum atomic E-state index is -5.23. The van der Waals surface area contributed by atoms with Gasteiger partial charge in [0.25, 0.3) is 11.4 Å². The van der Waals surface area contributed by atoms with Gasteiger partial charge in [-0.2, -0.15) is 13.2 Å². The summed E-state index contributed by atoms with van der Waals surface area (Å²) in [7, 11) is 0.879. The van der Waals surface area contributed by atoms with Gasteiger partial charge in [-0.3, -0.25) is 20.2 Å². The van der Waals surface area contributed by atoms with Crippen molar-refractivity contribution in [2.75, 3.05) is 11.9 Å². The minimum absolute atomic E-state index is 0.105. The third-order valence-corrected chi connectivity index (χ3v) is 4.04. The number of hydrogen-bond donors (Lipinski definition) is 0. The number of benzene rings is 2. The van der Waals surface area contributed by atoms with E-state index in [0.29, 0.717) is 17.0 Å². The molecule has 0 heterocycles. The fraction of sp³-hybridized carbons (Fsp3) is 0.143. The standard InChI is InChI=1S/C14H7BrF5N3O4/c1-21(13-9(15)2-6(16)3-10(13)17)12-8(14(18,19)20)4-7(22(24)25)5-11(12)23(26)27/h2-5H,1H3. The average molecular weight is 456 g/mol. The molecule has 0 spiro atoms. The number of anilines is 2. The molecule has 0 aliphatic heterocycles. The van der Waals surface area contributed by atoms with Gasteiger partial charge in [0.2, 0.25) is 0 Å². The lowest BCUT2D eigenvalue weighted by atomic mass is 10.1. The highest BCUT2D eigenvalue weighted by Gasteiger charge is 2.41. The predicted molar refractivity (Wildman–Crippen MR) is 86.9 cm³/mol. The van der Waals surface area contributed by atoms with Crippen molar-refractivity contribution in [3.05, 3.63) is 66.2 Å². The van der Waals surface area contributed by atoms with Gasteiger partial charge in [0, 0.05) is 23.7 Å². The van der Waals surface area contributed by atoms with Crippen LogP contribution in [0.3, 0.4) is 0 Å². The highest BCUT2D eigenvalue weighted by molar-refractivity contribution is 9.10. The van der Waals surface area contributed by atoms with E-state index in [0.717, 1.165) is 13.1 Å². The second kappa shape index (κ2) is 7.06. The largest absolute Gasteiger partial charge is 0.418 e. The third-order valence-electron chi connectivity index (χ3n) is 3.44. The maximum absolute atomic E-state index is 14.1. The summed E-state index contributed by atoms with van der Waals surface area (Å²) < 4.78 is 67.4. The summed E-state index contributed by atoms with van der Waals surface area (Å²) in [4.78, 5) is 20.1. The maximum Gasteiger partial charge on any atom is 0.418 e. The summed E-state index contributed by atoms with van der Waals surface area (Å²) in [5, 5.41) is 22.1. The number of halogens is 6. The summed E-state index contributed by atoms with van der Waals surface area (Å²) in [5.74, 6) is -2.34. The van der Waals surface area contributed by atoms with E-state index in [-0.39, 0.29) is 10.5 Å². The van der Waals surface area contributed by atoms with Crippen LogP contribution in [0.25, 0.3) is 0 Å². The fourth-order valence-electron chi connectivity index (χ4n) is 2.38. The molecule has 7 nitrogen and oxygen atoms in total. The molecule has 2 aromatic carbocycles. The Kier molecular flexibility index (Phi) is 5.35. The summed E-state index contributed by atoms with van der Waals surface area (Å²) >= 11 is 2.79. The lowest BCUT2D eigenvalue weighted by Gasteiger charge is -2.24. The molecular weight excluding hydrogens is 449 g/mol. The first-order valence-electron chi connectivity index (χ1n) is 6.77. The van der Waals surface area contributed by atoms with Gasteiger partial charge in [0.05, 0.1) is 27.2 Å². The van der Waals surface area contributed by atoms with Gasteiger partial charge in [0.1, 0.15) is 11.5 Å². The molecule has 2 aromatic rings. The molecule has 0 aliphatic rings. The number of nitro benzene ring substituents is 2. The quantitative estimate of drug-likeness (QED) is 0.353. The Balaban J connectivity index is 2.90. The molecule has 0 bridgehead atoms. The van der Waals surface area contributed by atoms with Crippen molar-refractivity contribution in [2.24, 2.45) is 0 Å². The highest BCUT2D eigenvalue weighted by atomic mass is 79.9. The monoisotopic (exact) mass is 455 g/mol. The SMILES string of the molecule is CN(c1c(F)cc(F)cc1Br)c1c([N+](=O)[O-])cc([N+](=O)[O-])cc1C(F)(F)F. The molecule has 27 heavy (non-hydrogen) atoms. The number of nitro groups is 2. The van der Waals surface area contributed by atoms with E-state index in [2.05, 4.69) is 15.9 Å². The van der Waals surface area contributed by atoms with Crippen molar-refractivity contribution < 1.29 is 31.8 Å².